The average Bonchev–Trinajstić information content (AvgIpc) is 2.67. The fourth-order valence-electron chi connectivity index (χ4n) is 3.54. The lowest BCUT2D eigenvalue weighted by atomic mass is 9.95. The summed E-state index contributed by atoms with van der Waals surface area (Å²) in [5.41, 5.74) is 0.638. The van der Waals surface area contributed by atoms with E-state index in [9.17, 15) is 9.59 Å². The standard InChI is InChI=1S/C18H26N4O2/c23-17(21-12-14-3-1-7-20-11-14)16-4-2-10-22(13-16)18(24)15-5-8-19-9-6-15/h5-6,8-9,14,16,20H,1-4,7,10-13H2,(H,21,23). The maximum absolute atomic E-state index is 12.5. The van der Waals surface area contributed by atoms with Crippen molar-refractivity contribution >= 4 is 11.8 Å². The SMILES string of the molecule is O=C(NCC1CCCNC1)C1CCCN(C(=O)c2ccncc2)C1. The third-order valence-electron chi connectivity index (χ3n) is 4.97. The van der Waals surface area contributed by atoms with Gasteiger partial charge in [0, 0.05) is 37.6 Å². The number of piperidine rings is 2. The molecule has 24 heavy (non-hydrogen) atoms. The number of hydrogen-bond donors (Lipinski definition) is 2. The highest BCUT2D eigenvalue weighted by Gasteiger charge is 2.29. The van der Waals surface area contributed by atoms with Crippen LogP contribution in [0.25, 0.3) is 0 Å². The summed E-state index contributed by atoms with van der Waals surface area (Å²) in [5, 5.41) is 6.46. The Morgan fingerprint density at radius 2 is 2.08 bits per heavy atom. The Morgan fingerprint density at radius 1 is 1.25 bits per heavy atom. The van der Waals surface area contributed by atoms with Gasteiger partial charge in [-0.25, -0.2) is 0 Å². The largest absolute Gasteiger partial charge is 0.355 e. The van der Waals surface area contributed by atoms with Crippen molar-refractivity contribution in [1.82, 2.24) is 20.5 Å². The van der Waals surface area contributed by atoms with Crippen LogP contribution in [-0.4, -0.2) is 54.4 Å². The van der Waals surface area contributed by atoms with Crippen molar-refractivity contribution in [3.8, 4) is 0 Å². The summed E-state index contributed by atoms with van der Waals surface area (Å²) in [4.78, 5) is 30.7. The smallest absolute Gasteiger partial charge is 0.253 e. The number of likely N-dealkylation sites (tertiary alicyclic amines) is 1. The van der Waals surface area contributed by atoms with E-state index in [1.54, 1.807) is 29.4 Å². The fraction of sp³-hybridized carbons (Fsp3) is 0.611. The first kappa shape index (κ1) is 16.9. The van der Waals surface area contributed by atoms with Crippen LogP contribution in [0.1, 0.15) is 36.0 Å². The van der Waals surface area contributed by atoms with E-state index in [-0.39, 0.29) is 17.7 Å². The summed E-state index contributed by atoms with van der Waals surface area (Å²) in [7, 11) is 0. The zero-order valence-electron chi connectivity index (χ0n) is 14.0. The number of aromatic nitrogens is 1. The minimum absolute atomic E-state index is 0.00798. The second-order valence-corrected chi connectivity index (χ2v) is 6.78. The summed E-state index contributed by atoms with van der Waals surface area (Å²) in [5.74, 6) is 0.515. The van der Waals surface area contributed by atoms with E-state index in [0.29, 0.717) is 18.0 Å². The van der Waals surface area contributed by atoms with Crippen LogP contribution < -0.4 is 10.6 Å². The van der Waals surface area contributed by atoms with Gasteiger partial charge in [0.1, 0.15) is 0 Å². The zero-order chi connectivity index (χ0) is 16.8. The molecule has 2 unspecified atom stereocenters. The molecule has 2 atom stereocenters. The van der Waals surface area contributed by atoms with Crippen LogP contribution in [-0.2, 0) is 4.79 Å². The number of amides is 2. The summed E-state index contributed by atoms with van der Waals surface area (Å²) in [6.45, 7) is 4.03. The van der Waals surface area contributed by atoms with Crippen molar-refractivity contribution in [2.45, 2.75) is 25.7 Å². The number of pyridine rings is 1. The molecule has 2 fully saturated rings. The van der Waals surface area contributed by atoms with Crippen molar-refractivity contribution in [2.75, 3.05) is 32.7 Å². The molecule has 2 amide bonds. The second kappa shape index (κ2) is 8.24. The predicted octanol–water partition coefficient (Wildman–Crippen LogP) is 1.05. The van der Waals surface area contributed by atoms with Crippen LogP contribution >= 0.6 is 0 Å². The van der Waals surface area contributed by atoms with Crippen LogP contribution in [0.3, 0.4) is 0 Å². The first-order valence-electron chi connectivity index (χ1n) is 8.92. The molecule has 6 nitrogen and oxygen atoms in total. The lowest BCUT2D eigenvalue weighted by molar-refractivity contribution is -0.126. The molecule has 3 heterocycles. The van der Waals surface area contributed by atoms with Gasteiger partial charge in [-0.05, 0) is 56.8 Å². The zero-order valence-corrected chi connectivity index (χ0v) is 14.0. The quantitative estimate of drug-likeness (QED) is 0.865. The van der Waals surface area contributed by atoms with Gasteiger partial charge in [-0.3, -0.25) is 14.6 Å². The van der Waals surface area contributed by atoms with Crippen LogP contribution in [0, 0.1) is 11.8 Å². The summed E-state index contributed by atoms with van der Waals surface area (Å²) in [6, 6.07) is 3.45. The maximum atomic E-state index is 12.5. The van der Waals surface area contributed by atoms with Crippen LogP contribution in [0.5, 0.6) is 0 Å². The van der Waals surface area contributed by atoms with Crippen molar-refractivity contribution in [3.05, 3.63) is 30.1 Å². The Bertz CT molecular complexity index is 557. The third kappa shape index (κ3) is 4.32. The van der Waals surface area contributed by atoms with E-state index < -0.39 is 0 Å². The van der Waals surface area contributed by atoms with Gasteiger partial charge < -0.3 is 15.5 Å². The molecule has 2 saturated heterocycles. The monoisotopic (exact) mass is 330 g/mol. The van der Waals surface area contributed by atoms with Gasteiger partial charge in [-0.1, -0.05) is 0 Å². The summed E-state index contributed by atoms with van der Waals surface area (Å²) >= 11 is 0. The lowest BCUT2D eigenvalue weighted by Crippen LogP contribution is -2.47. The van der Waals surface area contributed by atoms with Gasteiger partial charge in [0.05, 0.1) is 5.92 Å². The molecule has 2 N–H and O–H groups in total. The maximum Gasteiger partial charge on any atom is 0.253 e. The number of hydrogen-bond acceptors (Lipinski definition) is 4. The molecule has 0 saturated carbocycles. The van der Waals surface area contributed by atoms with Crippen molar-refractivity contribution in [2.24, 2.45) is 11.8 Å². The van der Waals surface area contributed by atoms with Crippen LogP contribution in [0.4, 0.5) is 0 Å². The minimum Gasteiger partial charge on any atom is -0.355 e. The Hall–Kier alpha value is -1.95. The van der Waals surface area contributed by atoms with E-state index in [0.717, 1.165) is 39.0 Å². The molecule has 1 aromatic heterocycles. The average molecular weight is 330 g/mol. The predicted molar refractivity (Wildman–Crippen MR) is 91.5 cm³/mol. The van der Waals surface area contributed by atoms with Crippen molar-refractivity contribution in [1.29, 1.82) is 0 Å². The summed E-state index contributed by atoms with van der Waals surface area (Å²) < 4.78 is 0. The van der Waals surface area contributed by atoms with Gasteiger partial charge in [0.15, 0.2) is 0 Å². The Kier molecular flexibility index (Phi) is 5.80. The number of carbonyl (C=O) groups excluding carboxylic acids is 2. The fourth-order valence-corrected chi connectivity index (χ4v) is 3.54. The lowest BCUT2D eigenvalue weighted by Gasteiger charge is -2.32. The van der Waals surface area contributed by atoms with E-state index in [4.69, 9.17) is 0 Å². The molecule has 130 valence electrons. The van der Waals surface area contributed by atoms with Gasteiger partial charge in [0.2, 0.25) is 5.91 Å². The molecule has 0 spiro atoms. The number of rotatable bonds is 4. The molecule has 0 radical (unpaired) electrons. The molecule has 6 heteroatoms. The highest BCUT2D eigenvalue weighted by atomic mass is 16.2. The Labute approximate surface area is 143 Å². The molecule has 0 bridgehead atoms. The number of nitrogens with one attached hydrogen (secondary N) is 2. The molecule has 0 aromatic carbocycles. The van der Waals surface area contributed by atoms with E-state index in [1.807, 2.05) is 0 Å². The highest BCUT2D eigenvalue weighted by Crippen LogP contribution is 2.19. The molecule has 1 aromatic rings. The molecule has 2 aliphatic rings. The first-order chi connectivity index (χ1) is 11.7. The normalized spacial score (nSPS) is 24.4. The number of nitrogens with zero attached hydrogens (tertiary/aromatic N) is 2. The highest BCUT2D eigenvalue weighted by molar-refractivity contribution is 5.94. The molecule has 0 aliphatic carbocycles. The molecular weight excluding hydrogens is 304 g/mol. The molecular formula is C18H26N4O2. The Balaban J connectivity index is 1.51. The first-order valence-corrected chi connectivity index (χ1v) is 8.92. The third-order valence-corrected chi connectivity index (χ3v) is 4.97. The Morgan fingerprint density at radius 3 is 2.83 bits per heavy atom. The van der Waals surface area contributed by atoms with Gasteiger partial charge in [0.25, 0.3) is 5.91 Å². The number of carbonyl (C=O) groups is 2. The topological polar surface area (TPSA) is 74.3 Å². The van der Waals surface area contributed by atoms with Crippen LogP contribution in [0.15, 0.2) is 24.5 Å². The van der Waals surface area contributed by atoms with Gasteiger partial charge in [-0.2, -0.15) is 0 Å². The van der Waals surface area contributed by atoms with Gasteiger partial charge in [-0.15, -0.1) is 0 Å². The van der Waals surface area contributed by atoms with E-state index in [2.05, 4.69) is 15.6 Å². The van der Waals surface area contributed by atoms with Gasteiger partial charge >= 0.3 is 0 Å². The van der Waals surface area contributed by atoms with E-state index >= 15 is 0 Å². The minimum atomic E-state index is -0.0962. The van der Waals surface area contributed by atoms with E-state index in [1.165, 1.54) is 12.8 Å². The molecule has 3 rings (SSSR count). The summed E-state index contributed by atoms with van der Waals surface area (Å²) in [6.07, 6.45) is 7.33. The van der Waals surface area contributed by atoms with Crippen molar-refractivity contribution in [3.63, 3.8) is 0 Å². The molecule has 2 aliphatic heterocycles. The second-order valence-electron chi connectivity index (χ2n) is 6.78. The van der Waals surface area contributed by atoms with Crippen LogP contribution in [0.2, 0.25) is 0 Å². The van der Waals surface area contributed by atoms with Crippen molar-refractivity contribution < 1.29 is 9.59 Å².